The lowest BCUT2D eigenvalue weighted by atomic mass is 9.84. The fraction of sp³-hybridized carbons (Fsp3) is 0.458. The van der Waals surface area contributed by atoms with Crippen molar-refractivity contribution in [2.24, 2.45) is 0 Å². The van der Waals surface area contributed by atoms with Crippen LogP contribution in [-0.2, 0) is 10.3 Å². The number of aryl methyl sites for hydroxylation is 2. The van der Waals surface area contributed by atoms with E-state index in [1.54, 1.807) is 16.7 Å². The summed E-state index contributed by atoms with van der Waals surface area (Å²) in [5.74, 6) is 0. The van der Waals surface area contributed by atoms with Crippen LogP contribution in [0.3, 0.4) is 0 Å². The molecule has 29 heavy (non-hydrogen) atoms. The van der Waals surface area contributed by atoms with Crippen LogP contribution < -0.4 is 0 Å². The van der Waals surface area contributed by atoms with Gasteiger partial charge in [0, 0.05) is 22.9 Å². The molecule has 0 radical (unpaired) electrons. The monoisotopic (exact) mass is 413 g/mol. The zero-order chi connectivity index (χ0) is 21.2. The van der Waals surface area contributed by atoms with Crippen LogP contribution in [0.4, 0.5) is 4.79 Å². The molecule has 2 aromatic carbocycles. The Morgan fingerprint density at radius 2 is 1.62 bits per heavy atom. The van der Waals surface area contributed by atoms with Gasteiger partial charge in [0.15, 0.2) is 0 Å². The number of likely N-dealkylation sites (tertiary alicyclic amines) is 1. The Hall–Kier alpha value is -1.98. The van der Waals surface area contributed by atoms with Gasteiger partial charge in [-0.05, 0) is 71.2 Å². The van der Waals surface area contributed by atoms with Crippen LogP contribution in [0.25, 0.3) is 0 Å². The van der Waals surface area contributed by atoms with Crippen LogP contribution in [0.1, 0.15) is 50.3 Å². The Kier molecular flexibility index (Phi) is 6.30. The molecule has 2 aromatic rings. The predicted octanol–water partition coefficient (Wildman–Crippen LogP) is 5.67. The van der Waals surface area contributed by atoms with E-state index in [4.69, 9.17) is 4.74 Å². The topological polar surface area (TPSA) is 49.8 Å². The van der Waals surface area contributed by atoms with E-state index in [9.17, 15) is 9.90 Å². The van der Waals surface area contributed by atoms with Crippen molar-refractivity contribution in [3.05, 3.63) is 59.2 Å². The third kappa shape index (κ3) is 5.55. The number of amides is 1. The molecule has 1 N–H and O–H groups in total. The smallest absolute Gasteiger partial charge is 0.410 e. The second-order valence-corrected chi connectivity index (χ2v) is 10.0. The van der Waals surface area contributed by atoms with Crippen LogP contribution in [0, 0.1) is 13.8 Å². The third-order valence-corrected chi connectivity index (χ3v) is 6.21. The third-order valence-electron chi connectivity index (χ3n) is 5.13. The van der Waals surface area contributed by atoms with Gasteiger partial charge in [0.2, 0.25) is 0 Å². The molecule has 5 heteroatoms. The summed E-state index contributed by atoms with van der Waals surface area (Å²) >= 11 is 1.67. The van der Waals surface area contributed by atoms with Crippen molar-refractivity contribution in [2.45, 2.75) is 68.5 Å². The molecule has 0 atom stereocenters. The molecular formula is C24H31NO3S. The number of aliphatic hydroxyl groups is 1. The summed E-state index contributed by atoms with van der Waals surface area (Å²) in [6, 6.07) is 14.7. The fourth-order valence-electron chi connectivity index (χ4n) is 3.48. The predicted molar refractivity (Wildman–Crippen MR) is 117 cm³/mol. The number of benzene rings is 2. The highest BCUT2D eigenvalue weighted by molar-refractivity contribution is 7.99. The van der Waals surface area contributed by atoms with Crippen LogP contribution >= 0.6 is 11.8 Å². The van der Waals surface area contributed by atoms with E-state index in [1.807, 2.05) is 27.7 Å². The van der Waals surface area contributed by atoms with Gasteiger partial charge in [0.05, 0.1) is 5.60 Å². The van der Waals surface area contributed by atoms with Crippen LogP contribution in [0.15, 0.2) is 52.3 Å². The molecule has 4 nitrogen and oxygen atoms in total. The Labute approximate surface area is 178 Å². The maximum absolute atomic E-state index is 12.4. The second-order valence-electron chi connectivity index (χ2n) is 8.91. The summed E-state index contributed by atoms with van der Waals surface area (Å²) in [5.41, 5.74) is 1.84. The summed E-state index contributed by atoms with van der Waals surface area (Å²) in [6.07, 6.45) is 0.687. The number of ether oxygens (including phenoxy) is 1. The maximum Gasteiger partial charge on any atom is 0.410 e. The lowest BCUT2D eigenvalue weighted by molar-refractivity contribution is -0.0371. The molecule has 0 unspecified atom stereocenters. The summed E-state index contributed by atoms with van der Waals surface area (Å²) in [6.45, 7) is 10.7. The van der Waals surface area contributed by atoms with Crippen molar-refractivity contribution in [1.29, 1.82) is 0 Å². The molecule has 1 saturated heterocycles. The second kappa shape index (κ2) is 8.41. The van der Waals surface area contributed by atoms with Crippen LogP contribution in [0.5, 0.6) is 0 Å². The van der Waals surface area contributed by atoms with Gasteiger partial charge in [0.25, 0.3) is 0 Å². The molecule has 0 aromatic heterocycles. The van der Waals surface area contributed by atoms with E-state index in [1.165, 1.54) is 5.56 Å². The molecule has 0 bridgehead atoms. The highest BCUT2D eigenvalue weighted by Gasteiger charge is 2.38. The van der Waals surface area contributed by atoms with E-state index in [-0.39, 0.29) is 6.09 Å². The van der Waals surface area contributed by atoms with E-state index < -0.39 is 11.2 Å². The van der Waals surface area contributed by atoms with Crippen molar-refractivity contribution in [1.82, 2.24) is 4.90 Å². The Bertz CT molecular complexity index is 863. The summed E-state index contributed by atoms with van der Waals surface area (Å²) in [5, 5.41) is 11.5. The molecular weight excluding hydrogens is 382 g/mol. The van der Waals surface area contributed by atoms with Crippen molar-refractivity contribution in [3.63, 3.8) is 0 Å². The highest BCUT2D eigenvalue weighted by atomic mass is 32.2. The van der Waals surface area contributed by atoms with E-state index in [0.717, 1.165) is 20.9 Å². The first-order chi connectivity index (χ1) is 13.6. The van der Waals surface area contributed by atoms with Gasteiger partial charge in [-0.15, -0.1) is 0 Å². The van der Waals surface area contributed by atoms with Gasteiger partial charge in [-0.3, -0.25) is 0 Å². The first-order valence-corrected chi connectivity index (χ1v) is 10.9. The largest absolute Gasteiger partial charge is 0.444 e. The van der Waals surface area contributed by atoms with Crippen molar-refractivity contribution < 1.29 is 14.6 Å². The van der Waals surface area contributed by atoms with Gasteiger partial charge < -0.3 is 14.7 Å². The summed E-state index contributed by atoms with van der Waals surface area (Å²) in [4.78, 5) is 16.3. The van der Waals surface area contributed by atoms with Gasteiger partial charge >= 0.3 is 6.09 Å². The molecule has 0 spiro atoms. The Morgan fingerprint density at radius 3 is 2.21 bits per heavy atom. The number of hydrogen-bond acceptors (Lipinski definition) is 4. The number of hydrogen-bond donors (Lipinski definition) is 1. The molecule has 156 valence electrons. The molecule has 0 saturated carbocycles. The van der Waals surface area contributed by atoms with E-state index in [2.05, 4.69) is 49.4 Å². The quantitative estimate of drug-likeness (QED) is 0.704. The van der Waals surface area contributed by atoms with Gasteiger partial charge in [-0.2, -0.15) is 0 Å². The summed E-state index contributed by atoms with van der Waals surface area (Å²) < 4.78 is 5.48. The average Bonchev–Trinajstić information content (AvgIpc) is 2.64. The zero-order valence-corrected chi connectivity index (χ0v) is 18.8. The van der Waals surface area contributed by atoms with Crippen molar-refractivity contribution in [3.8, 4) is 0 Å². The van der Waals surface area contributed by atoms with E-state index >= 15 is 0 Å². The normalized spacial score (nSPS) is 16.6. The number of nitrogens with zero attached hydrogens (tertiary/aromatic N) is 1. The minimum absolute atomic E-state index is 0.307. The first kappa shape index (κ1) is 21.7. The Morgan fingerprint density at radius 1 is 1.03 bits per heavy atom. The standard InChI is InChI=1S/C24H31NO3S/c1-17-6-9-19(10-7-17)29-21-11-8-18(2)16-20(21)24(27)12-14-25(15-13-24)22(26)28-23(3,4)5/h6-11,16,27H,12-15H2,1-5H3. The lowest BCUT2D eigenvalue weighted by Gasteiger charge is -2.39. The number of carbonyl (C=O) groups is 1. The van der Waals surface area contributed by atoms with Gasteiger partial charge in [0.1, 0.15) is 5.60 Å². The van der Waals surface area contributed by atoms with E-state index in [0.29, 0.717) is 25.9 Å². The zero-order valence-electron chi connectivity index (χ0n) is 18.0. The summed E-state index contributed by atoms with van der Waals surface area (Å²) in [7, 11) is 0. The molecule has 0 aliphatic carbocycles. The maximum atomic E-state index is 12.4. The van der Waals surface area contributed by atoms with Crippen LogP contribution in [-0.4, -0.2) is 34.8 Å². The number of carbonyl (C=O) groups excluding carboxylic acids is 1. The molecule has 1 heterocycles. The average molecular weight is 414 g/mol. The first-order valence-electron chi connectivity index (χ1n) is 10.1. The molecule has 1 aliphatic heterocycles. The Balaban J connectivity index is 1.78. The van der Waals surface area contributed by atoms with Gasteiger partial charge in [-0.1, -0.05) is 47.2 Å². The minimum atomic E-state index is -0.947. The SMILES string of the molecule is Cc1ccc(Sc2ccc(C)cc2C2(O)CCN(C(=O)OC(C)(C)C)CC2)cc1. The lowest BCUT2D eigenvalue weighted by Crippen LogP contribution is -2.47. The van der Waals surface area contributed by atoms with Crippen molar-refractivity contribution in [2.75, 3.05) is 13.1 Å². The number of rotatable bonds is 3. The molecule has 1 aliphatic rings. The molecule has 1 amide bonds. The number of piperidine rings is 1. The fourth-order valence-corrected chi connectivity index (χ4v) is 4.51. The van der Waals surface area contributed by atoms with Crippen molar-refractivity contribution >= 4 is 17.9 Å². The van der Waals surface area contributed by atoms with Gasteiger partial charge in [-0.25, -0.2) is 4.79 Å². The molecule has 1 fully saturated rings. The minimum Gasteiger partial charge on any atom is -0.444 e. The van der Waals surface area contributed by atoms with Crippen LogP contribution in [0.2, 0.25) is 0 Å². The molecule has 3 rings (SSSR count). The highest BCUT2D eigenvalue weighted by Crippen LogP contribution is 2.41.